The number of benzene rings is 1. The van der Waals surface area contributed by atoms with Gasteiger partial charge in [-0.2, -0.15) is 0 Å². The molecule has 1 amide bonds. The summed E-state index contributed by atoms with van der Waals surface area (Å²) >= 11 is 0. The van der Waals surface area contributed by atoms with Gasteiger partial charge in [0.15, 0.2) is 0 Å². The molecule has 0 radical (unpaired) electrons. The molecule has 3 rings (SSSR count). The number of rotatable bonds is 3. The van der Waals surface area contributed by atoms with Crippen LogP contribution < -0.4 is 0 Å². The van der Waals surface area contributed by atoms with Crippen molar-refractivity contribution >= 4 is 5.91 Å². The third kappa shape index (κ3) is 7.54. The minimum Gasteiger partial charge on any atom is -0.339 e. The Labute approximate surface area is 165 Å². The summed E-state index contributed by atoms with van der Waals surface area (Å²) in [6.45, 7) is 11.9. The minimum atomic E-state index is 0.106. The Balaban J connectivity index is 0.000000541. The predicted molar refractivity (Wildman–Crippen MR) is 115 cm³/mol. The van der Waals surface area contributed by atoms with Crippen LogP contribution in [0.4, 0.5) is 0 Å². The fourth-order valence-corrected chi connectivity index (χ4v) is 2.92. The van der Waals surface area contributed by atoms with E-state index in [1.54, 1.807) is 6.20 Å². The van der Waals surface area contributed by atoms with E-state index in [0.29, 0.717) is 11.5 Å². The van der Waals surface area contributed by atoms with Crippen LogP contribution in [0.2, 0.25) is 0 Å². The molecule has 3 heteroatoms. The number of nitrogens with zero attached hydrogens (tertiary/aromatic N) is 2. The normalized spacial score (nSPS) is 13.7. The molecule has 0 spiro atoms. The van der Waals surface area contributed by atoms with E-state index in [-0.39, 0.29) is 5.91 Å². The fourth-order valence-electron chi connectivity index (χ4n) is 2.92. The molecule has 3 nitrogen and oxygen atoms in total. The van der Waals surface area contributed by atoms with Crippen LogP contribution in [0.25, 0.3) is 0 Å². The zero-order chi connectivity index (χ0) is 20.1. The number of hydrogen-bond acceptors (Lipinski definition) is 2. The number of likely N-dealkylation sites (tertiary alicyclic amines) is 1. The molecule has 1 saturated heterocycles. The Morgan fingerprint density at radius 3 is 2.07 bits per heavy atom. The Morgan fingerprint density at radius 1 is 1.00 bits per heavy atom. The second-order valence-electron chi connectivity index (χ2n) is 6.67. The van der Waals surface area contributed by atoms with Gasteiger partial charge in [-0.25, -0.2) is 0 Å². The number of carbonyl (C=O) groups is 1. The number of hydrogen-bond donors (Lipinski definition) is 0. The lowest BCUT2D eigenvalue weighted by atomic mass is 9.89. The number of amides is 1. The van der Waals surface area contributed by atoms with Gasteiger partial charge in [-0.3, -0.25) is 9.78 Å². The molecule has 1 aromatic carbocycles. The summed E-state index contributed by atoms with van der Waals surface area (Å²) in [5.74, 6) is 0.681. The van der Waals surface area contributed by atoms with Gasteiger partial charge in [0.1, 0.15) is 0 Å². The third-order valence-corrected chi connectivity index (χ3v) is 4.71. The molecule has 0 aliphatic carbocycles. The molecule has 0 bridgehead atoms. The van der Waals surface area contributed by atoms with Gasteiger partial charge in [-0.15, -0.1) is 0 Å². The molecule has 27 heavy (non-hydrogen) atoms. The average molecular weight is 369 g/mol. The number of piperidine rings is 1. The molecular formula is C24H36N2O. The van der Waals surface area contributed by atoms with Crippen LogP contribution in [-0.4, -0.2) is 28.9 Å². The fraction of sp³-hybridized carbons (Fsp3) is 0.500. The smallest absolute Gasteiger partial charge is 0.255 e. The summed E-state index contributed by atoms with van der Waals surface area (Å²) in [6.07, 6.45) is 6.39. The van der Waals surface area contributed by atoms with Crippen molar-refractivity contribution in [1.82, 2.24) is 9.88 Å². The molecule has 2 aromatic rings. The SMILES string of the molecule is CC.CCCC.Cc1ccc(C(=O)N2CCC(c3ccccc3)CC2)cn1. The Bertz CT molecular complexity index is 627. The summed E-state index contributed by atoms with van der Waals surface area (Å²) in [4.78, 5) is 18.6. The number of pyridine rings is 1. The second-order valence-corrected chi connectivity index (χ2v) is 6.67. The topological polar surface area (TPSA) is 33.2 Å². The molecule has 0 saturated carbocycles. The summed E-state index contributed by atoms with van der Waals surface area (Å²) in [5.41, 5.74) is 3.02. The van der Waals surface area contributed by atoms with E-state index in [4.69, 9.17) is 0 Å². The summed E-state index contributed by atoms with van der Waals surface area (Å²) in [5, 5.41) is 0. The van der Waals surface area contributed by atoms with E-state index < -0.39 is 0 Å². The Morgan fingerprint density at radius 2 is 1.59 bits per heavy atom. The van der Waals surface area contributed by atoms with Gasteiger partial charge in [-0.1, -0.05) is 70.9 Å². The molecule has 1 aliphatic heterocycles. The summed E-state index contributed by atoms with van der Waals surface area (Å²) < 4.78 is 0. The van der Waals surface area contributed by atoms with Crippen LogP contribution in [0.5, 0.6) is 0 Å². The highest BCUT2D eigenvalue weighted by atomic mass is 16.2. The van der Waals surface area contributed by atoms with E-state index in [2.05, 4.69) is 43.1 Å². The molecule has 1 aromatic heterocycles. The summed E-state index contributed by atoms with van der Waals surface area (Å²) in [6, 6.07) is 14.4. The standard InChI is InChI=1S/C18H20N2O.C4H10.C2H6/c1-14-7-8-17(13-19-14)18(21)20-11-9-16(10-12-20)15-5-3-2-4-6-15;1-3-4-2;1-2/h2-8,13,16H,9-12H2,1H3;3-4H2,1-2H3;1-2H3. The predicted octanol–water partition coefficient (Wildman–Crippen LogP) is 6.24. The van der Waals surface area contributed by atoms with Crippen LogP contribution in [-0.2, 0) is 0 Å². The van der Waals surface area contributed by atoms with Gasteiger partial charge in [0.2, 0.25) is 0 Å². The van der Waals surface area contributed by atoms with Gasteiger partial charge >= 0.3 is 0 Å². The zero-order valence-corrected chi connectivity index (χ0v) is 17.7. The molecule has 0 atom stereocenters. The van der Waals surface area contributed by atoms with Crippen LogP contribution in [0, 0.1) is 6.92 Å². The maximum atomic E-state index is 12.4. The van der Waals surface area contributed by atoms with Crippen LogP contribution in [0.1, 0.15) is 80.9 Å². The van der Waals surface area contributed by atoms with Crippen molar-refractivity contribution in [3.63, 3.8) is 0 Å². The number of aromatic nitrogens is 1. The van der Waals surface area contributed by atoms with Gasteiger partial charge in [0, 0.05) is 25.0 Å². The van der Waals surface area contributed by atoms with Gasteiger partial charge in [0.25, 0.3) is 5.91 Å². The van der Waals surface area contributed by atoms with Crippen molar-refractivity contribution in [3.8, 4) is 0 Å². The molecule has 1 fully saturated rings. The Kier molecular flexibility index (Phi) is 11.1. The molecule has 1 aliphatic rings. The first kappa shape index (κ1) is 22.9. The van der Waals surface area contributed by atoms with Crippen LogP contribution in [0.15, 0.2) is 48.7 Å². The van der Waals surface area contributed by atoms with E-state index in [1.807, 2.05) is 43.9 Å². The van der Waals surface area contributed by atoms with Crippen molar-refractivity contribution in [2.45, 2.75) is 66.2 Å². The lowest BCUT2D eigenvalue weighted by molar-refractivity contribution is 0.0712. The van der Waals surface area contributed by atoms with E-state index in [0.717, 1.165) is 31.6 Å². The highest BCUT2D eigenvalue weighted by Crippen LogP contribution is 2.28. The van der Waals surface area contributed by atoms with E-state index in [1.165, 1.54) is 18.4 Å². The minimum absolute atomic E-state index is 0.106. The number of carbonyl (C=O) groups excluding carboxylic acids is 1. The molecule has 0 unspecified atom stereocenters. The largest absolute Gasteiger partial charge is 0.339 e. The molecule has 0 N–H and O–H groups in total. The van der Waals surface area contributed by atoms with Crippen molar-refractivity contribution in [1.29, 1.82) is 0 Å². The van der Waals surface area contributed by atoms with E-state index in [9.17, 15) is 4.79 Å². The Hall–Kier alpha value is -2.16. The lowest BCUT2D eigenvalue weighted by Gasteiger charge is -2.32. The highest BCUT2D eigenvalue weighted by molar-refractivity contribution is 5.94. The maximum Gasteiger partial charge on any atom is 0.255 e. The molecular weight excluding hydrogens is 332 g/mol. The molecule has 148 valence electrons. The summed E-state index contributed by atoms with van der Waals surface area (Å²) in [7, 11) is 0. The van der Waals surface area contributed by atoms with Crippen LogP contribution in [0.3, 0.4) is 0 Å². The monoisotopic (exact) mass is 368 g/mol. The first-order valence-corrected chi connectivity index (χ1v) is 10.4. The first-order valence-electron chi connectivity index (χ1n) is 10.4. The van der Waals surface area contributed by atoms with Gasteiger partial charge < -0.3 is 4.90 Å². The third-order valence-electron chi connectivity index (χ3n) is 4.71. The maximum absolute atomic E-state index is 12.4. The lowest BCUT2D eigenvalue weighted by Crippen LogP contribution is -2.37. The molecule has 2 heterocycles. The average Bonchev–Trinajstić information content (AvgIpc) is 2.76. The van der Waals surface area contributed by atoms with Crippen molar-refractivity contribution < 1.29 is 4.79 Å². The van der Waals surface area contributed by atoms with Crippen molar-refractivity contribution in [2.24, 2.45) is 0 Å². The van der Waals surface area contributed by atoms with Gasteiger partial charge in [0.05, 0.1) is 5.56 Å². The van der Waals surface area contributed by atoms with Crippen LogP contribution >= 0.6 is 0 Å². The quantitative estimate of drug-likeness (QED) is 0.642. The number of aryl methyl sites for hydroxylation is 1. The van der Waals surface area contributed by atoms with Crippen molar-refractivity contribution in [2.75, 3.05) is 13.1 Å². The van der Waals surface area contributed by atoms with E-state index >= 15 is 0 Å². The second kappa shape index (κ2) is 13.1. The number of unbranched alkanes of at least 4 members (excludes halogenated alkanes) is 1. The highest BCUT2D eigenvalue weighted by Gasteiger charge is 2.24. The van der Waals surface area contributed by atoms with Crippen molar-refractivity contribution in [3.05, 3.63) is 65.5 Å². The first-order chi connectivity index (χ1) is 13.2. The zero-order valence-electron chi connectivity index (χ0n) is 17.7. The van der Waals surface area contributed by atoms with Gasteiger partial charge in [-0.05, 0) is 43.4 Å².